The Labute approximate surface area is 283 Å². The number of rotatable bonds is 9. The Balaban J connectivity index is 2.08. The van der Waals surface area contributed by atoms with Crippen LogP contribution in [0.5, 0.6) is 0 Å². The molecule has 0 saturated carbocycles. The fraction of sp³-hybridized carbons (Fsp3) is 0.545. The van der Waals surface area contributed by atoms with Crippen molar-refractivity contribution in [2.75, 3.05) is 20.7 Å². The summed E-state index contributed by atoms with van der Waals surface area (Å²) in [5, 5.41) is 0. The number of halogens is 7. The molecule has 1 heterocycles. The number of aryl methyl sites for hydroxylation is 1. The highest BCUT2D eigenvalue weighted by molar-refractivity contribution is 7.90. The number of hydrogen-bond donors (Lipinski definition) is 1. The van der Waals surface area contributed by atoms with Gasteiger partial charge in [0.25, 0.3) is 0 Å². The van der Waals surface area contributed by atoms with Crippen LogP contribution in [0, 0.1) is 12.7 Å². The number of carbonyl (C=O) groups excluding carboxylic acids is 3. The van der Waals surface area contributed by atoms with Crippen molar-refractivity contribution in [1.82, 2.24) is 14.5 Å². The number of nitrogens with zero attached hydrogens (tertiary/aromatic N) is 2. The topological polar surface area (TPSA) is 102 Å². The van der Waals surface area contributed by atoms with Crippen molar-refractivity contribution in [1.29, 1.82) is 0 Å². The second-order valence-electron chi connectivity index (χ2n) is 13.3. The molecule has 0 bridgehead atoms. The first-order valence-electron chi connectivity index (χ1n) is 15.3. The average molecular weight is 724 g/mol. The van der Waals surface area contributed by atoms with E-state index in [2.05, 4.69) is 9.46 Å². The predicted octanol–water partition coefficient (Wildman–Crippen LogP) is 7.43. The molecule has 1 aliphatic rings. The standard InChI is InChI=1S/C33H40F7N3O5S/c1-19-14-24(34)8-9-25(19)26-18-31(41-49(47)30(3,4)5,11-10-27(44)28(45)48-7)12-13-43(26)29(46)42(6)20(2)21-15-22(32(35,36)37)17-23(16-21)33(38,39)40/h8-9,14-17,20,26,41H,10-13,18H2,1-7H3/t20-,26-,31+,49-/m1/s1. The molecule has 1 fully saturated rings. The third kappa shape index (κ3) is 9.66. The van der Waals surface area contributed by atoms with Crippen LogP contribution in [0.4, 0.5) is 35.5 Å². The molecule has 49 heavy (non-hydrogen) atoms. The van der Waals surface area contributed by atoms with Gasteiger partial charge < -0.3 is 19.1 Å². The molecular formula is C33H40F7N3O5S. The third-order valence-electron chi connectivity index (χ3n) is 8.71. The van der Waals surface area contributed by atoms with E-state index >= 15 is 0 Å². The average Bonchev–Trinajstić information content (AvgIpc) is 3.00. The Bertz CT molecular complexity index is 1510. The minimum Gasteiger partial charge on any atom is -0.598 e. The molecule has 1 saturated heterocycles. The van der Waals surface area contributed by atoms with Crippen LogP contribution >= 0.6 is 0 Å². The second kappa shape index (κ2) is 14.9. The van der Waals surface area contributed by atoms with Crippen molar-refractivity contribution in [3.63, 3.8) is 0 Å². The number of hydrogen-bond acceptors (Lipinski definition) is 6. The fourth-order valence-electron chi connectivity index (χ4n) is 5.69. The van der Waals surface area contributed by atoms with E-state index in [1.54, 1.807) is 27.7 Å². The van der Waals surface area contributed by atoms with Gasteiger partial charge in [-0.15, -0.1) is 4.72 Å². The van der Waals surface area contributed by atoms with Crippen molar-refractivity contribution >= 4 is 29.1 Å². The SMILES string of the molecule is COC(=O)C(=O)CC[C@]1(N[S@+]([O-])C(C)(C)C)CCN(C(=O)N(C)[C@H](C)c2cc(C(F)(F)F)cc(C(F)(F)F)c2)[C@@H](c2ccc(F)cc2C)C1. The summed E-state index contributed by atoms with van der Waals surface area (Å²) in [5.74, 6) is -2.46. The van der Waals surface area contributed by atoms with Gasteiger partial charge in [-0.3, -0.25) is 4.79 Å². The molecule has 1 aliphatic heterocycles. The second-order valence-corrected chi connectivity index (χ2v) is 15.2. The maximum Gasteiger partial charge on any atom is 0.416 e. The molecule has 0 unspecified atom stereocenters. The molecular weight excluding hydrogens is 683 g/mol. The highest BCUT2D eigenvalue weighted by Crippen LogP contribution is 2.43. The molecule has 0 aromatic heterocycles. The number of ketones is 1. The number of methoxy groups -OCH3 is 1. The Morgan fingerprint density at radius 3 is 2.12 bits per heavy atom. The van der Waals surface area contributed by atoms with E-state index in [1.165, 1.54) is 37.1 Å². The molecule has 0 aliphatic carbocycles. The molecule has 3 rings (SSSR count). The number of piperidine rings is 1. The summed E-state index contributed by atoms with van der Waals surface area (Å²) >= 11 is -1.70. The highest BCUT2D eigenvalue weighted by atomic mass is 32.2. The maximum atomic E-state index is 14.2. The first kappa shape index (κ1) is 40.1. The summed E-state index contributed by atoms with van der Waals surface area (Å²) in [6, 6.07) is 2.12. The van der Waals surface area contributed by atoms with E-state index in [1.807, 2.05) is 0 Å². The van der Waals surface area contributed by atoms with E-state index in [9.17, 15) is 49.7 Å². The molecule has 272 valence electrons. The molecule has 0 radical (unpaired) electrons. The zero-order valence-corrected chi connectivity index (χ0v) is 29.0. The number of ether oxygens (including phenoxy) is 1. The minimum absolute atomic E-state index is 0.00176. The molecule has 2 amide bonds. The lowest BCUT2D eigenvalue weighted by atomic mass is 9.77. The number of alkyl halides is 6. The van der Waals surface area contributed by atoms with Crippen LogP contribution in [0.15, 0.2) is 36.4 Å². The van der Waals surface area contributed by atoms with Gasteiger partial charge >= 0.3 is 24.4 Å². The van der Waals surface area contributed by atoms with Crippen LogP contribution in [-0.4, -0.2) is 63.1 Å². The van der Waals surface area contributed by atoms with Crippen LogP contribution in [0.3, 0.4) is 0 Å². The van der Waals surface area contributed by atoms with Crippen molar-refractivity contribution < 1.29 is 54.4 Å². The van der Waals surface area contributed by atoms with Crippen LogP contribution in [-0.2, 0) is 38.0 Å². The molecule has 1 N–H and O–H groups in total. The number of urea groups is 1. The van der Waals surface area contributed by atoms with E-state index in [-0.39, 0.29) is 38.3 Å². The Hall–Kier alpha value is -3.37. The molecule has 0 spiro atoms. The van der Waals surface area contributed by atoms with Gasteiger partial charge in [0.1, 0.15) is 10.6 Å². The number of nitrogens with one attached hydrogen (secondary N) is 1. The molecule has 8 nitrogen and oxygen atoms in total. The Kier molecular flexibility index (Phi) is 12.1. The highest BCUT2D eigenvalue weighted by Gasteiger charge is 2.48. The number of carbonyl (C=O) groups is 3. The van der Waals surface area contributed by atoms with Crippen molar-refractivity contribution in [3.05, 3.63) is 70.0 Å². The molecule has 4 atom stereocenters. The lowest BCUT2D eigenvalue weighted by molar-refractivity contribution is -0.151. The van der Waals surface area contributed by atoms with E-state index in [0.717, 1.165) is 12.0 Å². The van der Waals surface area contributed by atoms with Gasteiger partial charge in [-0.2, -0.15) is 26.3 Å². The molecule has 2 aromatic carbocycles. The summed E-state index contributed by atoms with van der Waals surface area (Å²) < 4.78 is 116. The van der Waals surface area contributed by atoms with Gasteiger partial charge in [0.15, 0.2) is 0 Å². The number of amides is 2. The summed E-state index contributed by atoms with van der Waals surface area (Å²) in [4.78, 5) is 41.0. The van der Waals surface area contributed by atoms with Gasteiger partial charge in [-0.1, -0.05) is 6.07 Å². The monoisotopic (exact) mass is 723 g/mol. The lowest BCUT2D eigenvalue weighted by Crippen LogP contribution is -2.60. The molecule has 2 aromatic rings. The lowest BCUT2D eigenvalue weighted by Gasteiger charge is -2.49. The Morgan fingerprint density at radius 1 is 1.06 bits per heavy atom. The van der Waals surface area contributed by atoms with Crippen LogP contribution in [0.2, 0.25) is 0 Å². The van der Waals surface area contributed by atoms with E-state index in [0.29, 0.717) is 23.3 Å². The summed E-state index contributed by atoms with van der Waals surface area (Å²) in [7, 11) is 2.31. The quantitative estimate of drug-likeness (QED) is 0.125. The first-order chi connectivity index (χ1) is 22.4. The smallest absolute Gasteiger partial charge is 0.416 e. The molecule has 16 heteroatoms. The normalized spacial score (nSPS) is 20.1. The van der Waals surface area contributed by atoms with E-state index in [4.69, 9.17) is 0 Å². The van der Waals surface area contributed by atoms with Gasteiger partial charge in [0.2, 0.25) is 5.78 Å². The van der Waals surface area contributed by atoms with Gasteiger partial charge in [-0.25, -0.2) is 14.0 Å². The summed E-state index contributed by atoms with van der Waals surface area (Å²) in [5.41, 5.74) is -3.65. The van der Waals surface area contributed by atoms with Crippen LogP contribution in [0.1, 0.15) is 93.3 Å². The number of esters is 1. The van der Waals surface area contributed by atoms with Gasteiger partial charge in [-0.05, 0) is 101 Å². The zero-order chi connectivity index (χ0) is 37.3. The van der Waals surface area contributed by atoms with Crippen molar-refractivity contribution in [2.45, 2.75) is 95.0 Å². The Morgan fingerprint density at radius 2 is 1.63 bits per heavy atom. The zero-order valence-electron chi connectivity index (χ0n) is 28.1. The number of Topliss-reactive ketones (excluding diaryl/α,β-unsaturated/α-hetero) is 1. The summed E-state index contributed by atoms with van der Waals surface area (Å²) in [6.07, 6.45) is -10.4. The van der Waals surface area contributed by atoms with Gasteiger partial charge in [0, 0.05) is 31.4 Å². The summed E-state index contributed by atoms with van der Waals surface area (Å²) in [6.45, 7) is 7.99. The number of benzene rings is 2. The van der Waals surface area contributed by atoms with Crippen LogP contribution < -0.4 is 4.72 Å². The third-order valence-corrected chi connectivity index (χ3v) is 10.4. The van der Waals surface area contributed by atoms with Crippen molar-refractivity contribution in [3.8, 4) is 0 Å². The predicted molar refractivity (Wildman–Crippen MR) is 168 cm³/mol. The fourth-order valence-corrected chi connectivity index (χ4v) is 6.68. The maximum absolute atomic E-state index is 14.2. The largest absolute Gasteiger partial charge is 0.598 e. The van der Waals surface area contributed by atoms with E-state index < -0.39 is 86.4 Å². The minimum atomic E-state index is -5.09. The van der Waals surface area contributed by atoms with Crippen molar-refractivity contribution in [2.24, 2.45) is 0 Å². The number of likely N-dealkylation sites (tertiary alicyclic amines) is 1. The van der Waals surface area contributed by atoms with Gasteiger partial charge in [0.05, 0.1) is 35.9 Å². The first-order valence-corrected chi connectivity index (χ1v) is 16.4. The van der Waals surface area contributed by atoms with Crippen LogP contribution in [0.25, 0.3) is 0 Å².